The molecule has 200 valence electrons. The lowest BCUT2D eigenvalue weighted by Gasteiger charge is -2.39. The Morgan fingerprint density at radius 2 is 1.41 bits per heavy atom. The number of fused-ring (bicyclic) bond motifs is 2. The summed E-state index contributed by atoms with van der Waals surface area (Å²) >= 11 is 0. The van der Waals surface area contributed by atoms with Crippen LogP contribution in [0.3, 0.4) is 0 Å². The second kappa shape index (κ2) is 14.9. The van der Waals surface area contributed by atoms with Gasteiger partial charge in [-0.3, -0.25) is 4.79 Å². The lowest BCUT2D eigenvalue weighted by molar-refractivity contribution is -0.929. The number of primary amides is 1. The minimum absolute atomic E-state index is 0.127. The van der Waals surface area contributed by atoms with E-state index in [1.165, 1.54) is 82.0 Å². The Bertz CT molecular complexity index is 695. The second-order valence-corrected chi connectivity index (χ2v) is 10.5. The van der Waals surface area contributed by atoms with Crippen LogP contribution in [0.4, 0.5) is 4.79 Å². The second-order valence-electron chi connectivity index (χ2n) is 9.54. The Morgan fingerprint density at radius 1 is 0.971 bits per heavy atom. The standard InChI is InChI=1S/C16H36N.C7H11N3O6S/c1-5-9-13-17(14-10-6-2,15-11-7-3)16-12-8-4;8-6(11)5-2-1-4-3-9(5)7(12)10(4)16-17(13,14)15/h5-16H2,1-4H3;4-5H,1-3H2,(H2,8,11)(H,13,14,15)/q+1;/p-1/t;4-,5+/m.1/s1. The predicted octanol–water partition coefficient (Wildman–Crippen LogP) is 3.14. The van der Waals surface area contributed by atoms with Gasteiger partial charge in [-0.2, -0.15) is 9.35 Å². The van der Waals surface area contributed by atoms with Crippen LogP contribution >= 0.6 is 0 Å². The molecule has 0 aromatic carbocycles. The molecule has 0 radical (unpaired) electrons. The number of urea groups is 1. The summed E-state index contributed by atoms with van der Waals surface area (Å²) in [5.74, 6) is -0.663. The molecule has 2 atom stereocenters. The summed E-state index contributed by atoms with van der Waals surface area (Å²) in [6.45, 7) is 15.1. The van der Waals surface area contributed by atoms with Gasteiger partial charge in [-0.25, -0.2) is 13.2 Å². The Kier molecular flexibility index (Phi) is 13.4. The van der Waals surface area contributed by atoms with Crippen LogP contribution in [0.2, 0.25) is 0 Å². The number of hydrogen-bond acceptors (Lipinski definition) is 6. The van der Waals surface area contributed by atoms with Crippen molar-refractivity contribution in [3.63, 3.8) is 0 Å². The molecule has 10 nitrogen and oxygen atoms in total. The van der Waals surface area contributed by atoms with Gasteiger partial charge in [0.2, 0.25) is 16.3 Å². The molecule has 2 fully saturated rings. The summed E-state index contributed by atoms with van der Waals surface area (Å²) in [6.07, 6.45) is 11.7. The minimum Gasteiger partial charge on any atom is -0.724 e. The lowest BCUT2D eigenvalue weighted by Crippen LogP contribution is -2.50. The number of rotatable bonds is 15. The van der Waals surface area contributed by atoms with E-state index in [4.69, 9.17) is 5.73 Å². The van der Waals surface area contributed by atoms with Crippen LogP contribution in [0, 0.1) is 0 Å². The van der Waals surface area contributed by atoms with Crippen LogP contribution in [0.1, 0.15) is 91.9 Å². The fourth-order valence-corrected chi connectivity index (χ4v) is 5.15. The van der Waals surface area contributed by atoms with Crippen LogP contribution in [-0.4, -0.2) is 84.2 Å². The number of carbonyl (C=O) groups is 2. The molecule has 34 heavy (non-hydrogen) atoms. The zero-order valence-electron chi connectivity index (χ0n) is 21.5. The first-order chi connectivity index (χ1) is 16.0. The fourth-order valence-electron chi connectivity index (χ4n) is 4.77. The summed E-state index contributed by atoms with van der Waals surface area (Å²) in [6, 6.07) is -2.14. The quantitative estimate of drug-likeness (QED) is 0.206. The number of carbonyl (C=O) groups excluding carboxylic acids is 2. The van der Waals surface area contributed by atoms with Crippen LogP contribution in [-0.2, 0) is 19.5 Å². The van der Waals surface area contributed by atoms with Gasteiger partial charge in [-0.05, 0) is 38.5 Å². The van der Waals surface area contributed by atoms with Crippen molar-refractivity contribution in [3.8, 4) is 0 Å². The summed E-state index contributed by atoms with van der Waals surface area (Å²) in [4.78, 5) is 23.9. The molecule has 2 rings (SSSR count). The zero-order chi connectivity index (χ0) is 25.8. The molecule has 0 aliphatic carbocycles. The highest BCUT2D eigenvalue weighted by atomic mass is 32.3. The third-order valence-corrected chi connectivity index (χ3v) is 7.11. The maximum atomic E-state index is 11.7. The number of amides is 3. The molecule has 0 saturated carbocycles. The van der Waals surface area contributed by atoms with E-state index in [1.54, 1.807) is 0 Å². The normalized spacial score (nSPS) is 20.3. The molecule has 2 bridgehead atoms. The molecule has 11 heteroatoms. The smallest absolute Gasteiger partial charge is 0.346 e. The predicted molar refractivity (Wildman–Crippen MR) is 130 cm³/mol. The molecule has 0 spiro atoms. The van der Waals surface area contributed by atoms with E-state index in [-0.39, 0.29) is 6.54 Å². The highest BCUT2D eigenvalue weighted by molar-refractivity contribution is 7.80. The Balaban J connectivity index is 0.000000340. The Labute approximate surface area is 206 Å². The van der Waals surface area contributed by atoms with Crippen molar-refractivity contribution in [1.29, 1.82) is 0 Å². The minimum atomic E-state index is -5.00. The van der Waals surface area contributed by atoms with Crippen molar-refractivity contribution in [2.75, 3.05) is 32.7 Å². The van der Waals surface area contributed by atoms with Gasteiger partial charge in [0, 0.05) is 6.54 Å². The number of nitrogens with zero attached hydrogens (tertiary/aromatic N) is 3. The van der Waals surface area contributed by atoms with Gasteiger partial charge in [-0.1, -0.05) is 53.4 Å². The molecule has 3 amide bonds. The van der Waals surface area contributed by atoms with E-state index in [2.05, 4.69) is 32.0 Å². The van der Waals surface area contributed by atoms with Gasteiger partial charge < -0.3 is 19.7 Å². The van der Waals surface area contributed by atoms with E-state index in [0.717, 1.165) is 4.90 Å². The molecule has 0 aromatic rings. The number of hydrogen-bond donors (Lipinski definition) is 1. The van der Waals surface area contributed by atoms with E-state index >= 15 is 0 Å². The molecule has 2 N–H and O–H groups in total. The molecule has 2 heterocycles. The van der Waals surface area contributed by atoms with Crippen LogP contribution in [0.25, 0.3) is 0 Å². The first-order valence-electron chi connectivity index (χ1n) is 12.9. The van der Waals surface area contributed by atoms with Crippen molar-refractivity contribution in [2.45, 2.75) is 104 Å². The number of piperidine rings is 1. The molecule has 0 unspecified atom stereocenters. The van der Waals surface area contributed by atoms with Gasteiger partial charge >= 0.3 is 6.03 Å². The van der Waals surface area contributed by atoms with E-state index < -0.39 is 34.4 Å². The van der Waals surface area contributed by atoms with Crippen molar-refractivity contribution in [1.82, 2.24) is 9.96 Å². The third kappa shape index (κ3) is 9.67. The first-order valence-corrected chi connectivity index (χ1v) is 14.3. The summed E-state index contributed by atoms with van der Waals surface area (Å²) < 4.78 is 36.8. The molecular weight excluding hydrogens is 460 g/mol. The molecule has 0 aromatic heterocycles. The number of nitrogens with two attached hydrogens (primary N) is 1. The maximum absolute atomic E-state index is 11.7. The number of hydroxylamine groups is 2. The van der Waals surface area contributed by atoms with Crippen LogP contribution < -0.4 is 5.73 Å². The highest BCUT2D eigenvalue weighted by Gasteiger charge is 2.48. The van der Waals surface area contributed by atoms with Crippen LogP contribution in [0.15, 0.2) is 0 Å². The molecule has 2 aliphatic heterocycles. The zero-order valence-corrected chi connectivity index (χ0v) is 22.4. The average molecular weight is 507 g/mol. The van der Waals surface area contributed by atoms with E-state index in [0.29, 0.717) is 17.9 Å². The van der Waals surface area contributed by atoms with Gasteiger partial charge in [0.05, 0.1) is 32.2 Å². The average Bonchev–Trinajstić information content (AvgIpc) is 3.01. The van der Waals surface area contributed by atoms with E-state index in [1.807, 2.05) is 0 Å². The highest BCUT2D eigenvalue weighted by Crippen LogP contribution is 2.30. The monoisotopic (exact) mass is 506 g/mol. The van der Waals surface area contributed by atoms with Crippen molar-refractivity contribution in [3.05, 3.63) is 0 Å². The number of unbranched alkanes of at least 4 members (excludes halogenated alkanes) is 4. The van der Waals surface area contributed by atoms with E-state index in [9.17, 15) is 22.6 Å². The van der Waals surface area contributed by atoms with Gasteiger partial charge in [0.1, 0.15) is 6.04 Å². The van der Waals surface area contributed by atoms with Crippen molar-refractivity contribution in [2.24, 2.45) is 5.73 Å². The summed E-state index contributed by atoms with van der Waals surface area (Å²) in [5, 5.41) is 0.505. The lowest BCUT2D eigenvalue weighted by atomic mass is 10.0. The largest absolute Gasteiger partial charge is 0.724 e. The van der Waals surface area contributed by atoms with Crippen LogP contribution in [0.5, 0.6) is 0 Å². The SMILES string of the molecule is CCCC[N+](CCCC)(CCCC)CCCC.NC(=O)[C@@H]1CC[C@@H]2CN1C(=O)N2OS(=O)(=O)[O-]. The van der Waals surface area contributed by atoms with Gasteiger partial charge in [0.25, 0.3) is 0 Å². The molecular formula is C23H46N4O6S. The summed E-state index contributed by atoms with van der Waals surface area (Å²) in [5.41, 5.74) is 5.11. The molecule has 2 aliphatic rings. The summed E-state index contributed by atoms with van der Waals surface area (Å²) in [7, 11) is -5.00. The van der Waals surface area contributed by atoms with Gasteiger partial charge in [-0.15, -0.1) is 0 Å². The topological polar surface area (TPSA) is 133 Å². The van der Waals surface area contributed by atoms with Crippen molar-refractivity contribution >= 4 is 22.3 Å². The number of quaternary nitrogens is 1. The van der Waals surface area contributed by atoms with Gasteiger partial charge in [0.15, 0.2) is 0 Å². The third-order valence-electron chi connectivity index (χ3n) is 6.77. The maximum Gasteiger partial charge on any atom is 0.346 e. The Hall–Kier alpha value is -1.43. The Morgan fingerprint density at radius 3 is 1.76 bits per heavy atom. The molecule has 2 saturated heterocycles. The fraction of sp³-hybridized carbons (Fsp3) is 0.913. The first kappa shape index (κ1) is 30.6. The van der Waals surface area contributed by atoms with Crippen molar-refractivity contribution < 1.29 is 31.3 Å².